The van der Waals surface area contributed by atoms with Gasteiger partial charge in [-0.15, -0.1) is 0 Å². The number of amides is 3. The van der Waals surface area contributed by atoms with E-state index in [4.69, 9.17) is 10.8 Å². The Morgan fingerprint density at radius 1 is 1.21 bits per heavy atom. The summed E-state index contributed by atoms with van der Waals surface area (Å²) in [6, 6.07) is 0. The quantitative estimate of drug-likeness (QED) is 0.0817. The third-order valence-corrected chi connectivity index (χ3v) is 8.43. The van der Waals surface area contributed by atoms with E-state index in [-0.39, 0.29) is 24.2 Å². The van der Waals surface area contributed by atoms with Crippen LogP contribution in [0.1, 0.15) is 6.42 Å². The van der Waals surface area contributed by atoms with E-state index in [9.17, 15) is 29.7 Å². The van der Waals surface area contributed by atoms with E-state index in [0.29, 0.717) is 13.6 Å². The number of aliphatic hydroxyl groups excluding tert-OH is 4. The first-order valence-corrected chi connectivity index (χ1v) is 11.3. The molecule has 158 valence electrons. The van der Waals surface area contributed by atoms with Gasteiger partial charge in [0.2, 0.25) is 18.2 Å². The maximum Gasteiger partial charge on any atom is 0.249 e. The van der Waals surface area contributed by atoms with E-state index in [1.807, 2.05) is 67.8 Å². The van der Waals surface area contributed by atoms with Crippen LogP contribution in [-0.4, -0.2) is 74.5 Å². The number of nitrogens with one attached hydrogen (secondary N) is 2. The molecule has 0 aromatic carbocycles. The van der Waals surface area contributed by atoms with Gasteiger partial charge in [0.15, 0.2) is 0 Å². The van der Waals surface area contributed by atoms with Gasteiger partial charge in [0.1, 0.15) is 5.41 Å². The third kappa shape index (κ3) is 5.34. The van der Waals surface area contributed by atoms with Gasteiger partial charge in [0, 0.05) is 19.3 Å². The fraction of sp³-hybridized carbons (Fsp3) is 0.533. The van der Waals surface area contributed by atoms with Crippen LogP contribution >= 0.6 is 67.8 Å². The number of primary amides is 1. The molecule has 0 saturated heterocycles. The molecule has 13 heteroatoms. The number of rotatable bonds is 10. The van der Waals surface area contributed by atoms with Gasteiger partial charge in [-0.1, -0.05) is 22.6 Å². The molecule has 0 radical (unpaired) electrons. The summed E-state index contributed by atoms with van der Waals surface area (Å²) < 4.78 is -0.154. The highest BCUT2D eigenvalue weighted by molar-refractivity contribution is 14.1. The Kier molecular flexibility index (Phi) is 10.5. The molecule has 4 unspecified atom stereocenters. The summed E-state index contributed by atoms with van der Waals surface area (Å²) in [5.74, 6) is -1.46. The molecule has 1 aliphatic rings. The number of halogens is 3. The van der Waals surface area contributed by atoms with Crippen molar-refractivity contribution < 1.29 is 34.8 Å². The van der Waals surface area contributed by atoms with Crippen molar-refractivity contribution in [2.24, 2.45) is 11.1 Å². The van der Waals surface area contributed by atoms with Gasteiger partial charge in [-0.2, -0.15) is 0 Å². The molecule has 0 saturated carbocycles. The zero-order chi connectivity index (χ0) is 21.6. The van der Waals surface area contributed by atoms with Crippen molar-refractivity contribution in [2.45, 2.75) is 22.6 Å². The second kappa shape index (κ2) is 11.3. The molecule has 28 heavy (non-hydrogen) atoms. The molecule has 0 aliphatic heterocycles. The van der Waals surface area contributed by atoms with Gasteiger partial charge in [-0.25, -0.2) is 0 Å². The van der Waals surface area contributed by atoms with E-state index in [2.05, 4.69) is 10.6 Å². The van der Waals surface area contributed by atoms with Crippen LogP contribution in [-0.2, 0) is 14.4 Å². The first-order valence-electron chi connectivity index (χ1n) is 7.88. The number of hydrogen-bond donors (Lipinski definition) is 7. The van der Waals surface area contributed by atoms with Crippen LogP contribution in [0.4, 0.5) is 0 Å². The zero-order valence-electron chi connectivity index (χ0n) is 14.4. The summed E-state index contributed by atoms with van der Waals surface area (Å²) in [5.41, 5.74) is 4.42. The lowest BCUT2D eigenvalue weighted by Crippen LogP contribution is -2.52. The molecule has 0 spiro atoms. The Hall–Kier alpha value is -0.0800. The first kappa shape index (κ1) is 26.0. The van der Waals surface area contributed by atoms with Crippen LogP contribution in [0.5, 0.6) is 0 Å². The fourth-order valence-corrected chi connectivity index (χ4v) is 8.04. The average molecular weight is 735 g/mol. The lowest BCUT2D eigenvalue weighted by Gasteiger charge is -2.41. The predicted molar refractivity (Wildman–Crippen MR) is 125 cm³/mol. The van der Waals surface area contributed by atoms with Crippen molar-refractivity contribution in [3.05, 3.63) is 18.4 Å². The highest BCUT2D eigenvalue weighted by Gasteiger charge is 2.54. The van der Waals surface area contributed by atoms with Crippen molar-refractivity contribution >= 4 is 86.0 Å². The van der Waals surface area contributed by atoms with Gasteiger partial charge in [0.05, 0.1) is 35.0 Å². The Balaban J connectivity index is 3.56. The van der Waals surface area contributed by atoms with Crippen LogP contribution in [0.2, 0.25) is 0 Å². The van der Waals surface area contributed by atoms with E-state index >= 15 is 0 Å². The lowest BCUT2D eigenvalue weighted by molar-refractivity contribution is -0.127. The van der Waals surface area contributed by atoms with Crippen molar-refractivity contribution in [1.29, 1.82) is 0 Å². The standard InChI is InChI=1S/C15H20I3N3O7/c16-9-8(13(27)20-2-7(26)4-23)11(17)15(14(19)28,1-6(25)3-22)12(18)10(9)21-5-24/h5-7,11,22-23,25-26H,1-4H2,(H2,19,28)(H,20,27)(H,21,24). The molecular formula is C15H20I3N3O7. The number of alkyl halides is 1. The minimum absolute atomic E-state index is 0.111. The highest BCUT2D eigenvalue weighted by atomic mass is 127. The molecule has 3 amide bonds. The molecule has 0 fully saturated rings. The van der Waals surface area contributed by atoms with E-state index < -0.39 is 46.6 Å². The molecule has 1 rings (SSSR count). The van der Waals surface area contributed by atoms with E-state index in [1.54, 1.807) is 0 Å². The fourth-order valence-electron chi connectivity index (χ4n) is 2.66. The minimum atomic E-state index is -1.56. The normalized spacial score (nSPS) is 24.6. The van der Waals surface area contributed by atoms with Gasteiger partial charge in [0.25, 0.3) is 0 Å². The molecule has 1 aliphatic carbocycles. The summed E-state index contributed by atoms with van der Waals surface area (Å²) in [6.45, 7) is -1.40. The second-order valence-corrected chi connectivity index (χ2v) is 9.37. The molecule has 0 heterocycles. The largest absolute Gasteiger partial charge is 0.394 e. The zero-order valence-corrected chi connectivity index (χ0v) is 20.8. The van der Waals surface area contributed by atoms with Crippen LogP contribution < -0.4 is 16.4 Å². The summed E-state index contributed by atoms with van der Waals surface area (Å²) in [7, 11) is 0. The maximum absolute atomic E-state index is 12.8. The Morgan fingerprint density at radius 3 is 2.25 bits per heavy atom. The molecule has 10 nitrogen and oxygen atoms in total. The van der Waals surface area contributed by atoms with Gasteiger partial charge >= 0.3 is 0 Å². The van der Waals surface area contributed by atoms with E-state index in [1.165, 1.54) is 0 Å². The number of hydrogen-bond acceptors (Lipinski definition) is 7. The van der Waals surface area contributed by atoms with Crippen molar-refractivity contribution in [1.82, 2.24) is 10.6 Å². The molecular weight excluding hydrogens is 715 g/mol. The van der Waals surface area contributed by atoms with E-state index in [0.717, 1.165) is 0 Å². The molecule has 4 atom stereocenters. The monoisotopic (exact) mass is 735 g/mol. The second-order valence-electron chi connectivity index (χ2n) is 5.96. The molecule has 0 bridgehead atoms. The van der Waals surface area contributed by atoms with Crippen LogP contribution in [0, 0.1) is 5.41 Å². The van der Waals surface area contributed by atoms with Gasteiger partial charge < -0.3 is 36.8 Å². The lowest BCUT2D eigenvalue weighted by atomic mass is 9.72. The SMILES string of the molecule is NC(=O)C1(CC(O)CO)C(I)=C(NC=O)C(I)=C(C(=O)NCC(O)CO)C1I. The van der Waals surface area contributed by atoms with Crippen molar-refractivity contribution in [2.75, 3.05) is 19.8 Å². The predicted octanol–water partition coefficient (Wildman–Crippen LogP) is -1.43. The number of nitrogens with two attached hydrogens (primary N) is 1. The van der Waals surface area contributed by atoms with Gasteiger partial charge in [-0.3, -0.25) is 14.4 Å². The highest BCUT2D eigenvalue weighted by Crippen LogP contribution is 2.53. The summed E-state index contributed by atoms with van der Waals surface area (Å²) in [6.07, 6.45) is -2.34. The third-order valence-electron chi connectivity index (χ3n) is 4.12. The summed E-state index contributed by atoms with van der Waals surface area (Å²) in [4.78, 5) is 36.4. The smallest absolute Gasteiger partial charge is 0.249 e. The molecule has 0 aromatic rings. The average Bonchev–Trinajstić information content (AvgIpc) is 2.66. The Bertz CT molecular complexity index is 700. The van der Waals surface area contributed by atoms with Crippen molar-refractivity contribution in [3.8, 4) is 0 Å². The number of carbonyl (C=O) groups is 3. The minimum Gasteiger partial charge on any atom is -0.394 e. The van der Waals surface area contributed by atoms with Gasteiger partial charge in [-0.05, 0) is 51.6 Å². The van der Waals surface area contributed by atoms with Crippen LogP contribution in [0.25, 0.3) is 0 Å². The van der Waals surface area contributed by atoms with Crippen molar-refractivity contribution in [3.63, 3.8) is 0 Å². The van der Waals surface area contributed by atoms with Crippen LogP contribution in [0.15, 0.2) is 18.4 Å². The topological polar surface area (TPSA) is 182 Å². The Morgan fingerprint density at radius 2 is 1.79 bits per heavy atom. The Labute approximate surface area is 201 Å². The van der Waals surface area contributed by atoms with Crippen LogP contribution in [0.3, 0.4) is 0 Å². The first-order chi connectivity index (χ1) is 13.1. The number of allylic oxidation sites excluding steroid dienone is 1. The molecule has 8 N–H and O–H groups in total. The number of aliphatic hydroxyl groups is 4. The summed E-state index contributed by atoms with van der Waals surface area (Å²) >= 11 is 5.56. The maximum atomic E-state index is 12.8. The molecule has 0 aromatic heterocycles. The number of carbonyl (C=O) groups excluding carboxylic acids is 3. The summed E-state index contributed by atoms with van der Waals surface area (Å²) in [5, 5.41) is 42.6.